The van der Waals surface area contributed by atoms with E-state index in [9.17, 15) is 0 Å². The summed E-state index contributed by atoms with van der Waals surface area (Å²) in [5.74, 6) is 0. The summed E-state index contributed by atoms with van der Waals surface area (Å²) >= 11 is 0. The van der Waals surface area contributed by atoms with Crippen LogP contribution in [0, 0.1) is 109 Å². The minimum atomic E-state index is -1.75. The molecule has 6 heavy (non-hydrogen) atoms. The van der Waals surface area contributed by atoms with Crippen LogP contribution in [0.1, 0.15) is 0 Å². The summed E-state index contributed by atoms with van der Waals surface area (Å²) in [4.78, 5) is 8.25. The summed E-state index contributed by atoms with van der Waals surface area (Å²) in [5.41, 5.74) is 0. The van der Waals surface area contributed by atoms with Crippen LogP contribution in [-0.2, 0) is 0 Å². The first-order valence-electron chi connectivity index (χ1n) is 0.548. The molecule has 0 unspecified atom stereocenters. The maximum atomic E-state index is 8.25. The smallest absolute Gasteiger partial charge is 0.0689 e. The Morgan fingerprint density at radius 3 is 1.17 bits per heavy atom. The van der Waals surface area contributed by atoms with Crippen molar-refractivity contribution in [1.29, 1.82) is 0 Å². The van der Waals surface area contributed by atoms with Gasteiger partial charge in [-0.15, -0.1) is 0 Å². The van der Waals surface area contributed by atoms with Crippen molar-refractivity contribution in [2.75, 3.05) is 0 Å². The van der Waals surface area contributed by atoms with E-state index in [1.807, 2.05) is 0 Å². The van der Waals surface area contributed by atoms with E-state index in [4.69, 9.17) is 15.3 Å². The van der Waals surface area contributed by atoms with Crippen LogP contribution in [0.3, 0.4) is 0 Å². The summed E-state index contributed by atoms with van der Waals surface area (Å²) in [6, 6.07) is 0. The molecule has 0 radical (unpaired) electrons. The molecule has 0 aliphatic carbocycles. The van der Waals surface area contributed by atoms with Crippen molar-refractivity contribution < 1.29 is 98.9 Å². The molecule has 0 aromatic carbocycles. The van der Waals surface area contributed by atoms with Crippen molar-refractivity contribution in [2.45, 2.75) is 0 Å². The summed E-state index contributed by atoms with van der Waals surface area (Å²) in [5, 5.41) is 14.8. The van der Waals surface area contributed by atoms with Crippen molar-refractivity contribution in [3.8, 4) is 0 Å². The Hall–Kier alpha value is 2.24. The summed E-state index contributed by atoms with van der Waals surface area (Å²) in [7, 11) is 0. The van der Waals surface area contributed by atoms with Crippen LogP contribution in [0.25, 0.3) is 0 Å². The predicted molar refractivity (Wildman–Crippen MR) is 10.4 cm³/mol. The zero-order chi connectivity index (χ0) is 3.58. The fraction of sp³-hybridized carbons (Fsp3) is 0. The number of hydrogen-bond acceptors (Lipinski definition) is 3. The second kappa shape index (κ2) is 10.3. The topological polar surface area (TPSA) is 66.2 Å². The molecule has 0 amide bonds. The van der Waals surface area contributed by atoms with E-state index in [0.717, 1.165) is 0 Å². The second-order valence-corrected chi connectivity index (χ2v) is 0.224. The Morgan fingerprint density at radius 2 is 1.17 bits per heavy atom. The molecular formula is NO3Yb2-. The predicted octanol–water partition coefficient (Wildman–Crippen LogP) is -0.239. The Balaban J connectivity index is -0.0000000450. The molecule has 0 aliphatic rings. The molecule has 0 bridgehead atoms. The first-order valence-corrected chi connectivity index (χ1v) is 0.548. The van der Waals surface area contributed by atoms with Crippen molar-refractivity contribution in [3.63, 3.8) is 0 Å². The van der Waals surface area contributed by atoms with Gasteiger partial charge in [0.25, 0.3) is 0 Å². The van der Waals surface area contributed by atoms with Gasteiger partial charge in [0.1, 0.15) is 0 Å². The summed E-state index contributed by atoms with van der Waals surface area (Å²) < 4.78 is 0. The van der Waals surface area contributed by atoms with Crippen LogP contribution in [0.2, 0.25) is 0 Å². The third-order valence-electron chi connectivity index (χ3n) is 0. The normalized spacial score (nSPS) is 4.00. The van der Waals surface area contributed by atoms with E-state index in [2.05, 4.69) is 0 Å². The maximum absolute atomic E-state index is 8.25. The zero-order valence-corrected chi connectivity index (χ0v) is 5.64. The van der Waals surface area contributed by atoms with E-state index < -0.39 is 5.09 Å². The van der Waals surface area contributed by atoms with Gasteiger partial charge in [-0.3, -0.25) is 0 Å². The van der Waals surface area contributed by atoms with Crippen LogP contribution in [-0.4, -0.2) is 5.09 Å². The van der Waals surface area contributed by atoms with E-state index >= 15 is 0 Å². The Morgan fingerprint density at radius 1 is 1.17 bits per heavy atom. The molecule has 0 spiro atoms. The van der Waals surface area contributed by atoms with E-state index in [0.29, 0.717) is 0 Å². The van der Waals surface area contributed by atoms with Crippen molar-refractivity contribution >= 4 is 0 Å². The SMILES string of the molecule is O=[N+]([O-])[O-].[Yb].[Yb]. The molecule has 0 N–H and O–H groups in total. The third-order valence-corrected chi connectivity index (χ3v) is 0. The van der Waals surface area contributed by atoms with E-state index in [1.165, 1.54) is 0 Å². The first kappa shape index (κ1) is 15.7. The van der Waals surface area contributed by atoms with Crippen molar-refractivity contribution in [3.05, 3.63) is 15.3 Å². The van der Waals surface area contributed by atoms with Gasteiger partial charge in [0.15, 0.2) is 0 Å². The minimum Gasteiger partial charge on any atom is -0.356 e. The van der Waals surface area contributed by atoms with Gasteiger partial charge in [0, 0.05) is 93.8 Å². The van der Waals surface area contributed by atoms with Crippen LogP contribution in [0.5, 0.6) is 0 Å². The summed E-state index contributed by atoms with van der Waals surface area (Å²) in [6.45, 7) is 0. The van der Waals surface area contributed by atoms with Gasteiger partial charge in [-0.1, -0.05) is 0 Å². The molecule has 4 nitrogen and oxygen atoms in total. The molecular weight excluding hydrogens is 408 g/mol. The second-order valence-electron chi connectivity index (χ2n) is 0.224. The molecule has 0 saturated heterocycles. The van der Waals surface area contributed by atoms with Gasteiger partial charge in [0.2, 0.25) is 0 Å². The van der Waals surface area contributed by atoms with Crippen molar-refractivity contribution in [2.24, 2.45) is 0 Å². The molecule has 0 heterocycles. The van der Waals surface area contributed by atoms with Gasteiger partial charge in [-0.05, 0) is 0 Å². The van der Waals surface area contributed by atoms with Crippen molar-refractivity contribution in [1.82, 2.24) is 0 Å². The van der Waals surface area contributed by atoms with Crippen LogP contribution < -0.4 is 0 Å². The molecule has 0 saturated carbocycles. The van der Waals surface area contributed by atoms with Crippen LogP contribution in [0.15, 0.2) is 0 Å². The monoisotopic (exact) mass is 410 g/mol. The van der Waals surface area contributed by atoms with Gasteiger partial charge in [-0.2, -0.15) is 0 Å². The first-order chi connectivity index (χ1) is 1.73. The zero-order valence-electron chi connectivity index (χ0n) is 2.21. The average Bonchev–Trinajstić information content (AvgIpc) is 0.811. The van der Waals surface area contributed by atoms with Gasteiger partial charge in [-0.25, -0.2) is 0 Å². The Kier molecular flexibility index (Phi) is 26.9. The van der Waals surface area contributed by atoms with Gasteiger partial charge in [0.05, 0.1) is 5.09 Å². The molecule has 52 valence electrons. The molecule has 0 rings (SSSR count). The molecule has 0 fully saturated rings. The van der Waals surface area contributed by atoms with Gasteiger partial charge >= 0.3 is 0 Å². The number of rotatable bonds is 0. The standard InChI is InChI=1S/NO3.2Yb/c2-1(3)4;;/q-1;;. The maximum Gasteiger partial charge on any atom is 0.0689 e. The molecule has 0 aliphatic heterocycles. The van der Waals surface area contributed by atoms with E-state index in [1.54, 1.807) is 0 Å². The van der Waals surface area contributed by atoms with E-state index in [-0.39, 0.29) is 93.8 Å². The molecule has 6 heteroatoms. The summed E-state index contributed by atoms with van der Waals surface area (Å²) in [6.07, 6.45) is 0. The fourth-order valence-corrected chi connectivity index (χ4v) is 0. The third kappa shape index (κ3) is 34.2. The average molecular weight is 408 g/mol. The van der Waals surface area contributed by atoms with Gasteiger partial charge < -0.3 is 15.3 Å². The Labute approximate surface area is 111 Å². The van der Waals surface area contributed by atoms with Crippen LogP contribution in [0.4, 0.5) is 0 Å². The minimum absolute atomic E-state index is 0. The number of nitrogens with zero attached hydrogens (tertiary/aromatic N) is 1. The molecule has 0 aromatic rings. The fourth-order valence-electron chi connectivity index (χ4n) is 0. The van der Waals surface area contributed by atoms with Crippen LogP contribution >= 0.6 is 0 Å². The largest absolute Gasteiger partial charge is 0.356 e. The number of hydrogen-bond donors (Lipinski definition) is 0. The molecule has 0 aromatic heterocycles. The Bertz CT molecular complexity index is 31.8. The quantitative estimate of drug-likeness (QED) is 0.411. The molecule has 0 atom stereocenters.